The summed E-state index contributed by atoms with van der Waals surface area (Å²) in [4.78, 5) is 22.5. The summed E-state index contributed by atoms with van der Waals surface area (Å²) in [6, 6.07) is 4.23. The van der Waals surface area contributed by atoms with E-state index in [0.29, 0.717) is 25.1 Å². The highest BCUT2D eigenvalue weighted by molar-refractivity contribution is 5.96. The number of anilines is 1. The van der Waals surface area contributed by atoms with E-state index in [9.17, 15) is 14.9 Å². The zero-order valence-corrected chi connectivity index (χ0v) is 11.6. The molecule has 8 nitrogen and oxygen atoms in total. The molecule has 0 aromatic heterocycles. The van der Waals surface area contributed by atoms with Crippen molar-refractivity contribution < 1.29 is 19.2 Å². The molecule has 21 heavy (non-hydrogen) atoms. The largest absolute Gasteiger partial charge is 0.496 e. The SMILES string of the molecule is COc1ccc(NC(=O)C2CCC(CN)O2)c([N+](=O)[O-])c1. The molecule has 1 fully saturated rings. The molecule has 1 heterocycles. The van der Waals surface area contributed by atoms with E-state index >= 15 is 0 Å². The Hall–Kier alpha value is -2.19. The summed E-state index contributed by atoms with van der Waals surface area (Å²) in [5, 5.41) is 13.6. The number of ether oxygens (including phenoxy) is 2. The predicted octanol–water partition coefficient (Wildman–Crippen LogP) is 1.05. The number of carbonyl (C=O) groups is 1. The van der Waals surface area contributed by atoms with Gasteiger partial charge in [-0.3, -0.25) is 14.9 Å². The Morgan fingerprint density at radius 1 is 1.57 bits per heavy atom. The van der Waals surface area contributed by atoms with E-state index in [1.807, 2.05) is 0 Å². The molecule has 8 heteroatoms. The van der Waals surface area contributed by atoms with Crippen LogP contribution < -0.4 is 15.8 Å². The van der Waals surface area contributed by atoms with Crippen LogP contribution in [-0.2, 0) is 9.53 Å². The quantitative estimate of drug-likeness (QED) is 0.619. The van der Waals surface area contributed by atoms with Crippen LogP contribution in [0.15, 0.2) is 18.2 Å². The van der Waals surface area contributed by atoms with Crippen LogP contribution >= 0.6 is 0 Å². The first kappa shape index (κ1) is 15.2. The summed E-state index contributed by atoms with van der Waals surface area (Å²) >= 11 is 0. The van der Waals surface area contributed by atoms with E-state index in [4.69, 9.17) is 15.2 Å². The van der Waals surface area contributed by atoms with Gasteiger partial charge in [-0.05, 0) is 25.0 Å². The molecule has 2 rings (SSSR count). The average molecular weight is 295 g/mol. The molecule has 0 saturated carbocycles. The molecule has 1 saturated heterocycles. The molecule has 0 bridgehead atoms. The Morgan fingerprint density at radius 3 is 2.90 bits per heavy atom. The molecule has 3 N–H and O–H groups in total. The van der Waals surface area contributed by atoms with Crippen LogP contribution in [0.4, 0.5) is 11.4 Å². The summed E-state index contributed by atoms with van der Waals surface area (Å²) in [6.07, 6.45) is 0.503. The lowest BCUT2D eigenvalue weighted by Gasteiger charge is -2.13. The zero-order valence-electron chi connectivity index (χ0n) is 11.6. The summed E-state index contributed by atoms with van der Waals surface area (Å²) in [6.45, 7) is 0.354. The first-order chi connectivity index (χ1) is 10.0. The van der Waals surface area contributed by atoms with Gasteiger partial charge in [0.2, 0.25) is 0 Å². The molecular formula is C13H17N3O5. The molecule has 1 aliphatic rings. The number of rotatable bonds is 5. The third kappa shape index (κ3) is 3.47. The molecule has 114 valence electrons. The van der Waals surface area contributed by atoms with Crippen molar-refractivity contribution in [3.8, 4) is 5.75 Å². The number of amides is 1. The minimum atomic E-state index is -0.625. The van der Waals surface area contributed by atoms with Gasteiger partial charge in [0.15, 0.2) is 0 Å². The fourth-order valence-electron chi connectivity index (χ4n) is 2.18. The van der Waals surface area contributed by atoms with Crippen molar-refractivity contribution in [2.45, 2.75) is 25.0 Å². The zero-order chi connectivity index (χ0) is 15.4. The Kier molecular flexibility index (Phi) is 4.71. The number of nitrogens with one attached hydrogen (secondary N) is 1. The van der Waals surface area contributed by atoms with Crippen LogP contribution in [0.1, 0.15) is 12.8 Å². The fourth-order valence-corrected chi connectivity index (χ4v) is 2.18. The molecule has 1 aliphatic heterocycles. The van der Waals surface area contributed by atoms with Crippen molar-refractivity contribution in [1.29, 1.82) is 0 Å². The number of nitro benzene ring substituents is 1. The van der Waals surface area contributed by atoms with Gasteiger partial charge >= 0.3 is 0 Å². The van der Waals surface area contributed by atoms with Crippen LogP contribution in [0.25, 0.3) is 0 Å². The van der Waals surface area contributed by atoms with Crippen molar-refractivity contribution in [2.24, 2.45) is 5.73 Å². The molecule has 2 atom stereocenters. The normalized spacial score (nSPS) is 21.0. The van der Waals surface area contributed by atoms with Gasteiger partial charge in [-0.2, -0.15) is 0 Å². The number of hydrogen-bond acceptors (Lipinski definition) is 6. The van der Waals surface area contributed by atoms with Gasteiger partial charge in [-0.25, -0.2) is 0 Å². The van der Waals surface area contributed by atoms with E-state index in [-0.39, 0.29) is 17.5 Å². The van der Waals surface area contributed by atoms with E-state index in [1.54, 1.807) is 6.07 Å². The topological polar surface area (TPSA) is 117 Å². The van der Waals surface area contributed by atoms with Crippen molar-refractivity contribution in [2.75, 3.05) is 19.0 Å². The highest BCUT2D eigenvalue weighted by atomic mass is 16.6. The number of nitrogens with two attached hydrogens (primary N) is 1. The molecule has 0 radical (unpaired) electrons. The summed E-state index contributed by atoms with van der Waals surface area (Å²) in [5.41, 5.74) is 5.38. The molecule has 1 aromatic rings. The van der Waals surface area contributed by atoms with E-state index in [2.05, 4.69) is 5.32 Å². The van der Waals surface area contributed by atoms with E-state index in [0.717, 1.165) is 0 Å². The summed E-state index contributed by atoms with van der Waals surface area (Å²) in [7, 11) is 1.41. The first-order valence-corrected chi connectivity index (χ1v) is 6.54. The lowest BCUT2D eigenvalue weighted by atomic mass is 10.2. The van der Waals surface area contributed by atoms with Crippen LogP contribution in [0.3, 0.4) is 0 Å². The van der Waals surface area contributed by atoms with Gasteiger partial charge in [0, 0.05) is 6.54 Å². The Morgan fingerprint density at radius 2 is 2.33 bits per heavy atom. The van der Waals surface area contributed by atoms with Crippen LogP contribution in [-0.4, -0.2) is 36.7 Å². The standard InChI is InChI=1S/C13H17N3O5/c1-20-8-2-4-10(11(6-8)16(18)19)15-13(17)12-5-3-9(7-14)21-12/h2,4,6,9,12H,3,5,7,14H2,1H3,(H,15,17). The second kappa shape index (κ2) is 6.51. The first-order valence-electron chi connectivity index (χ1n) is 6.54. The monoisotopic (exact) mass is 295 g/mol. The Labute approximate surface area is 121 Å². The van der Waals surface area contributed by atoms with Crippen molar-refractivity contribution in [3.05, 3.63) is 28.3 Å². The summed E-state index contributed by atoms with van der Waals surface area (Å²) in [5.74, 6) is -0.0563. The lowest BCUT2D eigenvalue weighted by Crippen LogP contribution is -2.30. The Bertz CT molecular complexity index is 549. The third-order valence-electron chi connectivity index (χ3n) is 3.32. The smallest absolute Gasteiger partial charge is 0.296 e. The number of carbonyl (C=O) groups excluding carboxylic acids is 1. The summed E-state index contributed by atoms with van der Waals surface area (Å²) < 4.78 is 10.4. The fraction of sp³-hybridized carbons (Fsp3) is 0.462. The van der Waals surface area contributed by atoms with Gasteiger partial charge in [0.25, 0.3) is 11.6 Å². The van der Waals surface area contributed by atoms with Crippen molar-refractivity contribution in [3.63, 3.8) is 0 Å². The van der Waals surface area contributed by atoms with Gasteiger partial charge in [-0.15, -0.1) is 0 Å². The number of benzene rings is 1. The maximum Gasteiger partial charge on any atom is 0.296 e. The van der Waals surface area contributed by atoms with Gasteiger partial charge in [0.05, 0.1) is 24.2 Å². The second-order valence-electron chi connectivity index (χ2n) is 4.69. The number of hydrogen-bond donors (Lipinski definition) is 2. The van der Waals surface area contributed by atoms with E-state index in [1.165, 1.54) is 19.2 Å². The van der Waals surface area contributed by atoms with Crippen LogP contribution in [0.2, 0.25) is 0 Å². The van der Waals surface area contributed by atoms with Crippen molar-refractivity contribution in [1.82, 2.24) is 0 Å². The highest BCUT2D eigenvalue weighted by Gasteiger charge is 2.31. The highest BCUT2D eigenvalue weighted by Crippen LogP contribution is 2.30. The third-order valence-corrected chi connectivity index (χ3v) is 3.32. The minimum Gasteiger partial charge on any atom is -0.496 e. The molecule has 1 aromatic carbocycles. The molecule has 1 amide bonds. The van der Waals surface area contributed by atoms with Crippen molar-refractivity contribution >= 4 is 17.3 Å². The Balaban J connectivity index is 2.12. The molecule has 2 unspecified atom stereocenters. The number of methoxy groups -OCH3 is 1. The second-order valence-corrected chi connectivity index (χ2v) is 4.69. The van der Waals surface area contributed by atoms with Gasteiger partial charge in [0.1, 0.15) is 17.5 Å². The maximum absolute atomic E-state index is 12.1. The number of nitrogens with zero attached hydrogens (tertiary/aromatic N) is 1. The van der Waals surface area contributed by atoms with Gasteiger partial charge in [-0.1, -0.05) is 0 Å². The van der Waals surface area contributed by atoms with Crippen LogP contribution in [0.5, 0.6) is 5.75 Å². The predicted molar refractivity (Wildman–Crippen MR) is 75.2 cm³/mol. The maximum atomic E-state index is 12.1. The van der Waals surface area contributed by atoms with Gasteiger partial charge < -0.3 is 20.5 Å². The molecular weight excluding hydrogens is 278 g/mol. The lowest BCUT2D eigenvalue weighted by molar-refractivity contribution is -0.384. The van der Waals surface area contributed by atoms with Crippen LogP contribution in [0, 0.1) is 10.1 Å². The molecule has 0 aliphatic carbocycles. The minimum absolute atomic E-state index is 0.116. The average Bonchev–Trinajstić information content (AvgIpc) is 2.96. The number of nitro groups is 1. The molecule has 0 spiro atoms. The van der Waals surface area contributed by atoms with E-state index < -0.39 is 16.9 Å².